The van der Waals surface area contributed by atoms with Crippen LogP contribution in [0.5, 0.6) is 0 Å². The third kappa shape index (κ3) is 5.90. The fraction of sp³-hybridized carbons (Fsp3) is 0.471. The molecule has 0 aliphatic heterocycles. The maximum absolute atomic E-state index is 12.1. The van der Waals surface area contributed by atoms with Crippen LogP contribution in [0.1, 0.15) is 43.2 Å². The molecule has 0 bridgehead atoms. The second kappa shape index (κ2) is 9.34. The van der Waals surface area contributed by atoms with Crippen molar-refractivity contribution >= 4 is 22.5 Å². The highest BCUT2D eigenvalue weighted by Crippen LogP contribution is 2.21. The lowest BCUT2D eigenvalue weighted by molar-refractivity contribution is 0.173. The third-order valence-corrected chi connectivity index (χ3v) is 4.46. The van der Waals surface area contributed by atoms with E-state index in [1.165, 1.54) is 11.3 Å². The molecule has 24 heavy (non-hydrogen) atoms. The number of aromatic nitrogens is 2. The molecular weight excluding hydrogens is 324 g/mol. The summed E-state index contributed by atoms with van der Waals surface area (Å²) in [6.07, 6.45) is 2.02. The van der Waals surface area contributed by atoms with Gasteiger partial charge in [-0.2, -0.15) is 0 Å². The molecule has 1 heterocycles. The molecule has 2 atom stereocenters. The molecule has 7 heteroatoms. The van der Waals surface area contributed by atoms with Crippen molar-refractivity contribution in [2.45, 2.75) is 45.1 Å². The summed E-state index contributed by atoms with van der Waals surface area (Å²) in [4.78, 5) is 12.1. The van der Waals surface area contributed by atoms with E-state index in [1.807, 2.05) is 30.3 Å². The molecular formula is C17H24N4O2S. The molecule has 0 aliphatic carbocycles. The van der Waals surface area contributed by atoms with E-state index in [2.05, 4.69) is 27.8 Å². The maximum atomic E-state index is 12.1. The van der Waals surface area contributed by atoms with E-state index >= 15 is 0 Å². The first kappa shape index (κ1) is 18.4. The van der Waals surface area contributed by atoms with Crippen molar-refractivity contribution in [3.05, 3.63) is 40.9 Å². The number of hydrogen-bond donors (Lipinski definition) is 3. The van der Waals surface area contributed by atoms with Gasteiger partial charge in [0.2, 0.25) is 5.13 Å². The summed E-state index contributed by atoms with van der Waals surface area (Å²) in [6, 6.07) is 9.58. The number of anilines is 1. The molecule has 0 spiro atoms. The van der Waals surface area contributed by atoms with E-state index in [4.69, 9.17) is 0 Å². The van der Waals surface area contributed by atoms with Gasteiger partial charge in [0.05, 0.1) is 6.10 Å². The van der Waals surface area contributed by atoms with Crippen molar-refractivity contribution in [1.29, 1.82) is 0 Å². The SMILES string of the molecule is CCCc1nnc(NC(=O)NCC(CC(C)O)c2ccccc2)s1. The Morgan fingerprint density at radius 3 is 2.71 bits per heavy atom. The molecule has 0 fully saturated rings. The Morgan fingerprint density at radius 1 is 1.29 bits per heavy atom. The Morgan fingerprint density at radius 2 is 2.04 bits per heavy atom. The molecule has 1 aromatic carbocycles. The molecule has 0 radical (unpaired) electrons. The molecule has 1 aromatic heterocycles. The van der Waals surface area contributed by atoms with Crippen LogP contribution >= 0.6 is 11.3 Å². The van der Waals surface area contributed by atoms with Crippen molar-refractivity contribution in [3.63, 3.8) is 0 Å². The fourth-order valence-corrected chi connectivity index (χ4v) is 3.29. The Balaban J connectivity index is 1.89. The zero-order valence-electron chi connectivity index (χ0n) is 14.0. The average Bonchev–Trinajstić information content (AvgIpc) is 2.99. The fourth-order valence-electron chi connectivity index (χ4n) is 2.45. The van der Waals surface area contributed by atoms with E-state index < -0.39 is 6.10 Å². The first-order valence-corrected chi connectivity index (χ1v) is 9.00. The van der Waals surface area contributed by atoms with E-state index in [9.17, 15) is 9.90 Å². The molecule has 2 unspecified atom stereocenters. The molecule has 6 nitrogen and oxygen atoms in total. The Bertz CT molecular complexity index is 631. The van der Waals surface area contributed by atoms with Crippen molar-refractivity contribution in [1.82, 2.24) is 15.5 Å². The summed E-state index contributed by atoms with van der Waals surface area (Å²) in [5, 5.41) is 24.7. The number of aliphatic hydroxyl groups excluding tert-OH is 1. The lowest BCUT2D eigenvalue weighted by atomic mass is 9.93. The van der Waals surface area contributed by atoms with Gasteiger partial charge in [0, 0.05) is 18.9 Å². The number of carbonyl (C=O) groups is 1. The van der Waals surface area contributed by atoms with Gasteiger partial charge < -0.3 is 10.4 Å². The minimum atomic E-state index is -0.431. The summed E-state index contributed by atoms with van der Waals surface area (Å²) < 4.78 is 0. The topological polar surface area (TPSA) is 87.1 Å². The summed E-state index contributed by atoms with van der Waals surface area (Å²) in [5.41, 5.74) is 1.10. The van der Waals surface area contributed by atoms with Crippen LogP contribution in [0.3, 0.4) is 0 Å². The van der Waals surface area contributed by atoms with Crippen molar-refractivity contribution in [3.8, 4) is 0 Å². The van der Waals surface area contributed by atoms with Gasteiger partial charge in [-0.3, -0.25) is 5.32 Å². The van der Waals surface area contributed by atoms with Crippen LogP contribution in [0.4, 0.5) is 9.93 Å². The maximum Gasteiger partial charge on any atom is 0.321 e. The number of urea groups is 1. The monoisotopic (exact) mass is 348 g/mol. The highest BCUT2D eigenvalue weighted by molar-refractivity contribution is 7.15. The number of aliphatic hydroxyl groups is 1. The minimum absolute atomic E-state index is 0.0574. The number of carbonyl (C=O) groups excluding carboxylic acids is 1. The number of benzene rings is 1. The first-order chi connectivity index (χ1) is 11.6. The first-order valence-electron chi connectivity index (χ1n) is 8.18. The zero-order chi connectivity index (χ0) is 17.4. The van der Waals surface area contributed by atoms with E-state index in [0.29, 0.717) is 18.1 Å². The molecule has 3 N–H and O–H groups in total. The van der Waals surface area contributed by atoms with Gasteiger partial charge in [-0.1, -0.05) is 48.6 Å². The number of hydrogen-bond acceptors (Lipinski definition) is 5. The van der Waals surface area contributed by atoms with Gasteiger partial charge in [-0.05, 0) is 25.3 Å². The minimum Gasteiger partial charge on any atom is -0.393 e. The van der Waals surface area contributed by atoms with Gasteiger partial charge in [-0.15, -0.1) is 10.2 Å². The average molecular weight is 348 g/mol. The Kier molecular flexibility index (Phi) is 7.14. The second-order valence-electron chi connectivity index (χ2n) is 5.78. The van der Waals surface area contributed by atoms with Crippen molar-refractivity contribution in [2.24, 2.45) is 0 Å². The quantitative estimate of drug-likeness (QED) is 0.684. The van der Waals surface area contributed by atoms with Gasteiger partial charge in [0.1, 0.15) is 5.01 Å². The molecule has 0 saturated heterocycles. The highest BCUT2D eigenvalue weighted by atomic mass is 32.1. The summed E-state index contributed by atoms with van der Waals surface area (Å²) in [7, 11) is 0. The molecule has 0 saturated carbocycles. The molecule has 2 aromatic rings. The smallest absolute Gasteiger partial charge is 0.321 e. The van der Waals surface area contributed by atoms with E-state index in [-0.39, 0.29) is 11.9 Å². The van der Waals surface area contributed by atoms with Crippen LogP contribution < -0.4 is 10.6 Å². The number of nitrogens with zero attached hydrogens (tertiary/aromatic N) is 2. The van der Waals surface area contributed by atoms with Gasteiger partial charge >= 0.3 is 6.03 Å². The van der Waals surface area contributed by atoms with Crippen LogP contribution in [-0.4, -0.2) is 34.0 Å². The van der Waals surface area contributed by atoms with Crippen molar-refractivity contribution in [2.75, 3.05) is 11.9 Å². The van der Waals surface area contributed by atoms with Crippen LogP contribution in [0.15, 0.2) is 30.3 Å². The van der Waals surface area contributed by atoms with Crippen LogP contribution in [0, 0.1) is 0 Å². The predicted octanol–water partition coefficient (Wildman–Crippen LogP) is 3.17. The third-order valence-electron chi connectivity index (χ3n) is 3.56. The van der Waals surface area contributed by atoms with Gasteiger partial charge in [-0.25, -0.2) is 4.79 Å². The zero-order valence-corrected chi connectivity index (χ0v) is 14.8. The second-order valence-corrected chi connectivity index (χ2v) is 6.84. The summed E-state index contributed by atoms with van der Waals surface area (Å²) in [5.74, 6) is 0.0574. The summed E-state index contributed by atoms with van der Waals surface area (Å²) in [6.45, 7) is 4.28. The van der Waals surface area contributed by atoms with E-state index in [1.54, 1.807) is 6.92 Å². The number of amides is 2. The number of aryl methyl sites for hydroxylation is 1. The molecule has 130 valence electrons. The Hall–Kier alpha value is -1.99. The van der Waals surface area contributed by atoms with Gasteiger partial charge in [0.25, 0.3) is 0 Å². The molecule has 0 aliphatic rings. The number of rotatable bonds is 8. The molecule has 2 rings (SSSR count). The predicted molar refractivity (Wildman–Crippen MR) is 96.4 cm³/mol. The number of nitrogens with one attached hydrogen (secondary N) is 2. The molecule has 2 amide bonds. The van der Waals surface area contributed by atoms with Crippen LogP contribution in [0.25, 0.3) is 0 Å². The van der Waals surface area contributed by atoms with Crippen LogP contribution in [-0.2, 0) is 6.42 Å². The Labute approximate surface area is 146 Å². The largest absolute Gasteiger partial charge is 0.393 e. The lowest BCUT2D eigenvalue weighted by Crippen LogP contribution is -2.33. The van der Waals surface area contributed by atoms with Crippen molar-refractivity contribution < 1.29 is 9.90 Å². The normalized spacial score (nSPS) is 13.3. The standard InChI is InChI=1S/C17H24N4O2S/c1-3-7-15-20-21-17(24-15)19-16(23)18-11-14(10-12(2)22)13-8-5-4-6-9-13/h4-6,8-9,12,14,22H,3,7,10-11H2,1-2H3,(H2,18,19,21,23). The highest BCUT2D eigenvalue weighted by Gasteiger charge is 2.16. The summed E-state index contributed by atoms with van der Waals surface area (Å²) >= 11 is 1.39. The van der Waals surface area contributed by atoms with E-state index in [0.717, 1.165) is 23.4 Å². The lowest BCUT2D eigenvalue weighted by Gasteiger charge is -2.19. The van der Waals surface area contributed by atoms with Gasteiger partial charge in [0.15, 0.2) is 0 Å². The van der Waals surface area contributed by atoms with Crippen LogP contribution in [0.2, 0.25) is 0 Å².